The molecule has 2 rings (SSSR count). The van der Waals surface area contributed by atoms with Gasteiger partial charge in [-0.05, 0) is 31.0 Å². The summed E-state index contributed by atoms with van der Waals surface area (Å²) in [6.07, 6.45) is 1.27. The molecule has 7 nitrogen and oxygen atoms in total. The Bertz CT molecular complexity index is 764. The third-order valence-corrected chi connectivity index (χ3v) is 7.10. The van der Waals surface area contributed by atoms with E-state index < -0.39 is 9.84 Å². The second-order valence-electron chi connectivity index (χ2n) is 5.93. The summed E-state index contributed by atoms with van der Waals surface area (Å²) in [5.74, 6) is -0.701. The minimum absolute atomic E-state index is 0.106. The molecule has 0 saturated heterocycles. The molecular formula is C17H24N2O5S2. The highest BCUT2D eigenvalue weighted by Crippen LogP contribution is 2.38. The number of methoxy groups -OCH3 is 1. The predicted octanol–water partition coefficient (Wildman–Crippen LogP) is 1.83. The van der Waals surface area contributed by atoms with E-state index in [0.29, 0.717) is 31.7 Å². The lowest BCUT2D eigenvalue weighted by Gasteiger charge is -2.23. The Morgan fingerprint density at radius 1 is 1.38 bits per heavy atom. The second-order valence-corrected chi connectivity index (χ2v) is 9.28. The van der Waals surface area contributed by atoms with E-state index in [9.17, 15) is 18.0 Å². The minimum Gasteiger partial charge on any atom is -0.385 e. The van der Waals surface area contributed by atoms with E-state index in [4.69, 9.17) is 4.74 Å². The van der Waals surface area contributed by atoms with E-state index >= 15 is 0 Å². The van der Waals surface area contributed by atoms with Crippen molar-refractivity contribution in [1.29, 1.82) is 0 Å². The van der Waals surface area contributed by atoms with Crippen LogP contribution in [0, 0.1) is 0 Å². The van der Waals surface area contributed by atoms with Crippen molar-refractivity contribution in [3.63, 3.8) is 0 Å². The number of carbonyl (C=O) groups is 2. The highest BCUT2D eigenvalue weighted by Gasteiger charge is 2.27. The van der Waals surface area contributed by atoms with Crippen LogP contribution in [0.4, 0.5) is 5.69 Å². The molecule has 0 saturated carbocycles. The zero-order chi connectivity index (χ0) is 19.2. The van der Waals surface area contributed by atoms with Crippen molar-refractivity contribution in [1.82, 2.24) is 5.32 Å². The van der Waals surface area contributed by atoms with Gasteiger partial charge in [-0.1, -0.05) is 6.92 Å². The van der Waals surface area contributed by atoms with Gasteiger partial charge in [0, 0.05) is 31.6 Å². The molecule has 1 aromatic carbocycles. The zero-order valence-corrected chi connectivity index (χ0v) is 16.5. The van der Waals surface area contributed by atoms with Gasteiger partial charge in [0.25, 0.3) is 0 Å². The van der Waals surface area contributed by atoms with Crippen molar-refractivity contribution in [2.75, 3.05) is 31.3 Å². The number of fused-ring (bicyclic) bond motifs is 1. The topological polar surface area (TPSA) is 102 Å². The number of anilines is 1. The molecule has 9 heteroatoms. The van der Waals surface area contributed by atoms with Gasteiger partial charge in [0.15, 0.2) is 9.84 Å². The second kappa shape index (κ2) is 9.38. The fourth-order valence-corrected chi connectivity index (χ4v) is 4.75. The lowest BCUT2D eigenvalue weighted by Crippen LogP contribution is -2.28. The Hall–Kier alpha value is -1.58. The van der Waals surface area contributed by atoms with Gasteiger partial charge in [0.05, 0.1) is 21.6 Å². The average Bonchev–Trinajstić information content (AvgIpc) is 2.62. The molecule has 1 aliphatic rings. The fraction of sp³-hybridized carbons (Fsp3) is 0.529. The summed E-state index contributed by atoms with van der Waals surface area (Å²) in [4.78, 5) is 24.7. The minimum atomic E-state index is -3.61. The summed E-state index contributed by atoms with van der Waals surface area (Å²) < 4.78 is 29.8. The molecule has 1 atom stereocenters. The molecule has 1 heterocycles. The van der Waals surface area contributed by atoms with Crippen LogP contribution in [-0.2, 0) is 24.2 Å². The molecule has 0 radical (unpaired) electrons. The zero-order valence-electron chi connectivity index (χ0n) is 14.9. The van der Waals surface area contributed by atoms with Crippen molar-refractivity contribution in [3.8, 4) is 0 Å². The number of hydrogen-bond acceptors (Lipinski definition) is 6. The Balaban J connectivity index is 1.98. The summed E-state index contributed by atoms with van der Waals surface area (Å²) in [6.45, 7) is 2.92. The van der Waals surface area contributed by atoms with E-state index in [1.807, 2.05) is 6.92 Å². The lowest BCUT2D eigenvalue weighted by molar-refractivity contribution is -0.120. The maximum absolute atomic E-state index is 12.5. The maximum Gasteiger partial charge on any atom is 0.237 e. The van der Waals surface area contributed by atoms with Gasteiger partial charge in [-0.15, -0.1) is 11.8 Å². The maximum atomic E-state index is 12.5. The monoisotopic (exact) mass is 400 g/mol. The lowest BCUT2D eigenvalue weighted by atomic mass is 10.2. The van der Waals surface area contributed by atoms with Gasteiger partial charge in [-0.3, -0.25) is 9.59 Å². The summed E-state index contributed by atoms with van der Waals surface area (Å²) in [5.41, 5.74) is 0.509. The van der Waals surface area contributed by atoms with Crippen molar-refractivity contribution < 1.29 is 22.7 Å². The van der Waals surface area contributed by atoms with Crippen molar-refractivity contribution in [2.24, 2.45) is 0 Å². The highest BCUT2D eigenvalue weighted by molar-refractivity contribution is 8.01. The van der Waals surface area contributed by atoms with Gasteiger partial charge < -0.3 is 15.4 Å². The number of hydrogen-bond donors (Lipinski definition) is 2. The first kappa shape index (κ1) is 20.7. The molecule has 1 aliphatic heterocycles. The van der Waals surface area contributed by atoms with Gasteiger partial charge in [-0.25, -0.2) is 8.42 Å². The van der Waals surface area contributed by atoms with Crippen LogP contribution in [-0.4, -0.2) is 51.5 Å². The van der Waals surface area contributed by atoms with E-state index in [1.54, 1.807) is 13.2 Å². The van der Waals surface area contributed by atoms with Gasteiger partial charge in [0.2, 0.25) is 11.8 Å². The Morgan fingerprint density at radius 3 is 2.85 bits per heavy atom. The number of sulfone groups is 1. The van der Waals surface area contributed by atoms with E-state index in [1.165, 1.54) is 23.9 Å². The van der Waals surface area contributed by atoms with Crippen LogP contribution < -0.4 is 10.6 Å². The third-order valence-electron chi connectivity index (χ3n) is 3.95. The molecule has 1 aromatic rings. The highest BCUT2D eigenvalue weighted by atomic mass is 32.2. The van der Waals surface area contributed by atoms with Crippen molar-refractivity contribution in [2.45, 2.75) is 41.2 Å². The molecule has 0 spiro atoms. The van der Waals surface area contributed by atoms with Gasteiger partial charge in [-0.2, -0.15) is 0 Å². The first-order valence-electron chi connectivity index (χ1n) is 8.47. The SMILES string of the molecule is CCC1Sc2ccc(S(=O)(=O)CCC(=O)NCCCOC)cc2NC1=O. The predicted molar refractivity (Wildman–Crippen MR) is 101 cm³/mol. The molecule has 26 heavy (non-hydrogen) atoms. The molecule has 0 fully saturated rings. The molecule has 2 amide bonds. The number of amides is 2. The number of rotatable bonds is 9. The standard InChI is InChI=1S/C17H24N2O5S2/c1-3-14-17(21)19-13-11-12(5-6-15(13)25-14)26(22,23)10-7-16(20)18-8-4-9-24-2/h5-6,11,14H,3-4,7-10H2,1-2H3,(H,18,20)(H,19,21). The van der Waals surface area contributed by atoms with Crippen LogP contribution in [0.2, 0.25) is 0 Å². The van der Waals surface area contributed by atoms with Crippen LogP contribution in [0.15, 0.2) is 28.0 Å². The molecule has 0 aliphatic carbocycles. The van der Waals surface area contributed by atoms with Crippen molar-refractivity contribution in [3.05, 3.63) is 18.2 Å². The van der Waals surface area contributed by atoms with E-state index in [0.717, 1.165) is 4.90 Å². The van der Waals surface area contributed by atoms with Crippen LogP contribution in [0.3, 0.4) is 0 Å². The molecule has 144 valence electrons. The number of thioether (sulfide) groups is 1. The van der Waals surface area contributed by atoms with Crippen LogP contribution in [0.25, 0.3) is 0 Å². The van der Waals surface area contributed by atoms with E-state index in [-0.39, 0.29) is 34.1 Å². The molecule has 2 N–H and O–H groups in total. The average molecular weight is 401 g/mol. The number of carbonyl (C=O) groups excluding carboxylic acids is 2. The summed E-state index contributed by atoms with van der Waals surface area (Å²) in [6, 6.07) is 4.71. The molecule has 1 unspecified atom stereocenters. The summed E-state index contributed by atoms with van der Waals surface area (Å²) >= 11 is 1.43. The summed E-state index contributed by atoms with van der Waals surface area (Å²) in [5, 5.41) is 5.27. The molecule has 0 aromatic heterocycles. The molecule has 0 bridgehead atoms. The quantitative estimate of drug-likeness (QED) is 0.613. The van der Waals surface area contributed by atoms with Gasteiger partial charge >= 0.3 is 0 Å². The van der Waals surface area contributed by atoms with Crippen LogP contribution in [0.5, 0.6) is 0 Å². The normalized spacial score (nSPS) is 16.7. The van der Waals surface area contributed by atoms with Gasteiger partial charge in [0.1, 0.15) is 0 Å². The molecular weight excluding hydrogens is 376 g/mol. The number of ether oxygens (including phenoxy) is 1. The van der Waals surface area contributed by atoms with Crippen molar-refractivity contribution >= 4 is 39.1 Å². The number of benzene rings is 1. The Kier molecular flexibility index (Phi) is 7.48. The first-order valence-corrected chi connectivity index (χ1v) is 11.0. The van der Waals surface area contributed by atoms with E-state index in [2.05, 4.69) is 10.6 Å². The van der Waals surface area contributed by atoms with Crippen LogP contribution >= 0.6 is 11.8 Å². The fourth-order valence-electron chi connectivity index (χ4n) is 2.47. The smallest absolute Gasteiger partial charge is 0.237 e. The van der Waals surface area contributed by atoms with Crippen LogP contribution in [0.1, 0.15) is 26.2 Å². The third kappa shape index (κ3) is 5.46. The first-order chi connectivity index (χ1) is 12.4. The summed E-state index contributed by atoms with van der Waals surface area (Å²) in [7, 11) is -2.03. The number of nitrogens with one attached hydrogen (secondary N) is 2. The Labute approximate surface area is 158 Å². The Morgan fingerprint density at radius 2 is 2.15 bits per heavy atom. The largest absolute Gasteiger partial charge is 0.385 e.